The molecule has 1 N–H and O–H groups in total. The fourth-order valence-corrected chi connectivity index (χ4v) is 1.92. The molecule has 0 atom stereocenters. The Hall–Kier alpha value is -0.570. The van der Waals surface area contributed by atoms with Gasteiger partial charge in [0.15, 0.2) is 0 Å². The third-order valence-electron chi connectivity index (χ3n) is 3.08. The molecule has 102 valence electrons. The minimum atomic E-state index is -0.703. The van der Waals surface area contributed by atoms with E-state index in [1.165, 1.54) is 32.1 Å². The molecule has 0 aliphatic heterocycles. The average molecular weight is 243 g/mol. The van der Waals surface area contributed by atoms with E-state index in [1.54, 1.807) is 0 Å². The van der Waals surface area contributed by atoms with E-state index in [1.807, 2.05) is 0 Å². The van der Waals surface area contributed by atoms with Crippen molar-refractivity contribution in [1.29, 1.82) is 0 Å². The molecule has 0 fully saturated rings. The van der Waals surface area contributed by atoms with Crippen molar-refractivity contribution >= 4 is 5.97 Å². The summed E-state index contributed by atoms with van der Waals surface area (Å²) in [5.74, 6) is -0.703. The number of carboxylic acid groups (broad SMARTS) is 1. The Bertz CT molecular complexity index is 209. The Morgan fingerprint density at radius 1 is 1.06 bits per heavy atom. The van der Waals surface area contributed by atoms with Gasteiger partial charge in [-0.15, -0.1) is 0 Å². The van der Waals surface area contributed by atoms with Gasteiger partial charge in [0, 0.05) is 12.1 Å². The topological polar surface area (TPSA) is 40.5 Å². The molecule has 0 amide bonds. The van der Waals surface area contributed by atoms with Gasteiger partial charge >= 0.3 is 5.97 Å². The predicted octanol–water partition coefficient (Wildman–Crippen LogP) is 3.53. The molecule has 0 radical (unpaired) electrons. The van der Waals surface area contributed by atoms with E-state index >= 15 is 0 Å². The number of hydrogen-bond donors (Lipinski definition) is 1. The molecule has 0 aliphatic rings. The maximum Gasteiger partial charge on any atom is 0.304 e. The number of nitrogens with zero attached hydrogens (tertiary/aromatic N) is 1. The van der Waals surface area contributed by atoms with E-state index in [0.29, 0.717) is 6.54 Å². The van der Waals surface area contributed by atoms with Crippen LogP contribution in [-0.4, -0.2) is 34.6 Å². The fourth-order valence-electron chi connectivity index (χ4n) is 1.92. The van der Waals surface area contributed by atoms with Crippen molar-refractivity contribution in [1.82, 2.24) is 4.90 Å². The van der Waals surface area contributed by atoms with E-state index in [2.05, 4.69) is 32.6 Å². The van der Waals surface area contributed by atoms with Gasteiger partial charge in [0.05, 0.1) is 6.42 Å². The lowest BCUT2D eigenvalue weighted by molar-refractivity contribution is -0.137. The van der Waals surface area contributed by atoms with Crippen molar-refractivity contribution in [2.45, 2.75) is 71.8 Å². The second-order valence-electron chi connectivity index (χ2n) is 5.72. The summed E-state index contributed by atoms with van der Waals surface area (Å²) in [5.41, 5.74) is 0.0696. The Morgan fingerprint density at radius 2 is 1.65 bits per heavy atom. The van der Waals surface area contributed by atoms with E-state index in [-0.39, 0.29) is 12.0 Å². The molecule has 0 bridgehead atoms. The molecule has 3 nitrogen and oxygen atoms in total. The van der Waals surface area contributed by atoms with Crippen LogP contribution in [0.2, 0.25) is 0 Å². The maximum atomic E-state index is 10.6. The van der Waals surface area contributed by atoms with Crippen LogP contribution in [0.1, 0.15) is 66.2 Å². The van der Waals surface area contributed by atoms with Crippen LogP contribution in [0.4, 0.5) is 0 Å². The highest BCUT2D eigenvalue weighted by molar-refractivity contribution is 5.66. The molecule has 0 rings (SSSR count). The van der Waals surface area contributed by atoms with Crippen LogP contribution in [0.3, 0.4) is 0 Å². The summed E-state index contributed by atoms with van der Waals surface area (Å²) in [6.45, 7) is 10.4. The Labute approximate surface area is 106 Å². The monoisotopic (exact) mass is 243 g/mol. The van der Waals surface area contributed by atoms with Gasteiger partial charge in [-0.3, -0.25) is 9.69 Å². The van der Waals surface area contributed by atoms with E-state index in [9.17, 15) is 4.79 Å². The van der Waals surface area contributed by atoms with Crippen LogP contribution in [0, 0.1) is 0 Å². The van der Waals surface area contributed by atoms with Crippen molar-refractivity contribution in [3.63, 3.8) is 0 Å². The summed E-state index contributed by atoms with van der Waals surface area (Å²) >= 11 is 0. The fraction of sp³-hybridized carbons (Fsp3) is 0.929. The minimum absolute atomic E-state index is 0.0696. The molecule has 17 heavy (non-hydrogen) atoms. The normalized spacial score (nSPS) is 12.1. The van der Waals surface area contributed by atoms with Gasteiger partial charge in [0.2, 0.25) is 0 Å². The lowest BCUT2D eigenvalue weighted by atomic mass is 10.0. The minimum Gasteiger partial charge on any atom is -0.481 e. The zero-order chi connectivity index (χ0) is 13.3. The van der Waals surface area contributed by atoms with Crippen molar-refractivity contribution in [2.24, 2.45) is 0 Å². The van der Waals surface area contributed by atoms with Crippen LogP contribution in [-0.2, 0) is 4.79 Å². The Balaban J connectivity index is 3.91. The smallest absolute Gasteiger partial charge is 0.304 e. The van der Waals surface area contributed by atoms with Crippen LogP contribution < -0.4 is 0 Å². The first-order valence-electron chi connectivity index (χ1n) is 6.84. The third-order valence-corrected chi connectivity index (χ3v) is 3.08. The Morgan fingerprint density at radius 3 is 2.12 bits per heavy atom. The quantitative estimate of drug-likeness (QED) is 0.630. The molecule has 0 aromatic rings. The van der Waals surface area contributed by atoms with Crippen molar-refractivity contribution in [3.8, 4) is 0 Å². The number of unbranched alkanes of at least 4 members (excludes halogenated alkanes) is 4. The molecular weight excluding hydrogens is 214 g/mol. The Kier molecular flexibility index (Phi) is 8.23. The van der Waals surface area contributed by atoms with E-state index in [0.717, 1.165) is 6.54 Å². The highest BCUT2D eigenvalue weighted by Gasteiger charge is 2.20. The van der Waals surface area contributed by atoms with Crippen molar-refractivity contribution in [3.05, 3.63) is 0 Å². The van der Waals surface area contributed by atoms with Gasteiger partial charge in [-0.2, -0.15) is 0 Å². The van der Waals surface area contributed by atoms with Crippen molar-refractivity contribution < 1.29 is 9.90 Å². The first kappa shape index (κ1) is 16.4. The first-order valence-corrected chi connectivity index (χ1v) is 6.84. The predicted molar refractivity (Wildman–Crippen MR) is 72.3 cm³/mol. The summed E-state index contributed by atoms with van der Waals surface area (Å²) in [6, 6.07) is 0. The van der Waals surface area contributed by atoms with E-state index < -0.39 is 5.97 Å². The number of hydrogen-bond acceptors (Lipinski definition) is 2. The van der Waals surface area contributed by atoms with Crippen LogP contribution >= 0.6 is 0 Å². The van der Waals surface area contributed by atoms with E-state index in [4.69, 9.17) is 5.11 Å². The zero-order valence-electron chi connectivity index (χ0n) is 12.0. The summed E-state index contributed by atoms with van der Waals surface area (Å²) in [7, 11) is 0. The van der Waals surface area contributed by atoms with Crippen LogP contribution in [0.15, 0.2) is 0 Å². The highest BCUT2D eigenvalue weighted by atomic mass is 16.4. The number of rotatable bonds is 9. The van der Waals surface area contributed by atoms with Crippen molar-refractivity contribution in [2.75, 3.05) is 13.1 Å². The lowest BCUT2D eigenvalue weighted by Gasteiger charge is -2.35. The maximum absolute atomic E-state index is 10.6. The number of carbonyl (C=O) groups is 1. The second-order valence-corrected chi connectivity index (χ2v) is 5.72. The molecular formula is C14H29NO2. The molecule has 0 aromatic carbocycles. The molecule has 3 heteroatoms. The molecule has 0 aliphatic carbocycles. The summed E-state index contributed by atoms with van der Waals surface area (Å²) in [6.07, 6.45) is 6.55. The lowest BCUT2D eigenvalue weighted by Crippen LogP contribution is -2.43. The largest absolute Gasteiger partial charge is 0.481 e. The van der Waals surface area contributed by atoms with Gasteiger partial charge in [0.1, 0.15) is 0 Å². The van der Waals surface area contributed by atoms with Gasteiger partial charge in [-0.05, 0) is 33.7 Å². The summed E-state index contributed by atoms with van der Waals surface area (Å²) in [4.78, 5) is 12.9. The van der Waals surface area contributed by atoms with Crippen LogP contribution in [0.25, 0.3) is 0 Å². The molecule has 0 unspecified atom stereocenters. The van der Waals surface area contributed by atoms with Crippen LogP contribution in [0.5, 0.6) is 0 Å². The third kappa shape index (κ3) is 9.16. The molecule has 0 heterocycles. The number of carboxylic acids is 1. The average Bonchev–Trinajstić information content (AvgIpc) is 2.19. The highest BCUT2D eigenvalue weighted by Crippen LogP contribution is 2.15. The molecule has 0 saturated heterocycles. The summed E-state index contributed by atoms with van der Waals surface area (Å²) < 4.78 is 0. The molecule has 0 spiro atoms. The molecule has 0 aromatic heterocycles. The van der Waals surface area contributed by atoms with Gasteiger partial charge < -0.3 is 5.11 Å². The second kappa shape index (κ2) is 8.51. The standard InChI is InChI=1S/C14H29NO2/c1-5-6-7-8-9-11-15(14(2,3)4)12-10-13(16)17/h5-12H2,1-4H3,(H,16,17). The number of aliphatic carboxylic acids is 1. The summed E-state index contributed by atoms with van der Waals surface area (Å²) in [5, 5.41) is 8.74. The zero-order valence-corrected chi connectivity index (χ0v) is 12.0. The van der Waals surface area contributed by atoms with Gasteiger partial charge in [0.25, 0.3) is 0 Å². The van der Waals surface area contributed by atoms with Gasteiger partial charge in [-0.25, -0.2) is 0 Å². The molecule has 0 saturated carbocycles. The first-order chi connectivity index (χ1) is 7.88. The SMILES string of the molecule is CCCCCCCN(CCC(=O)O)C(C)(C)C. The van der Waals surface area contributed by atoms with Gasteiger partial charge in [-0.1, -0.05) is 32.6 Å².